The van der Waals surface area contributed by atoms with Crippen LogP contribution in [0.15, 0.2) is 54.9 Å². The summed E-state index contributed by atoms with van der Waals surface area (Å²) in [6.45, 7) is 6.68. The van der Waals surface area contributed by atoms with Crippen LogP contribution in [0.5, 0.6) is 5.75 Å². The molecule has 0 aliphatic rings. The molecule has 0 atom stereocenters. The highest BCUT2D eigenvalue weighted by Crippen LogP contribution is 2.33. The highest BCUT2D eigenvalue weighted by Gasteiger charge is 2.21. The van der Waals surface area contributed by atoms with Crippen LogP contribution >= 0.6 is 0 Å². The molecular weight excluding hydrogens is 443 g/mol. The van der Waals surface area contributed by atoms with E-state index in [1.165, 1.54) is 18.5 Å². The van der Waals surface area contributed by atoms with Gasteiger partial charge in [0.25, 0.3) is 0 Å². The number of aromatic nitrogens is 5. The molecule has 3 heterocycles. The van der Waals surface area contributed by atoms with Crippen LogP contribution in [0, 0.1) is 5.82 Å². The van der Waals surface area contributed by atoms with E-state index in [1.54, 1.807) is 0 Å². The molecule has 0 radical (unpaired) electrons. The van der Waals surface area contributed by atoms with Crippen molar-refractivity contribution in [3.05, 3.63) is 71.9 Å². The lowest BCUT2D eigenvalue weighted by Crippen LogP contribution is -2.28. The molecule has 8 heteroatoms. The predicted molar refractivity (Wildman–Crippen MR) is 136 cm³/mol. The topological polar surface area (TPSA) is 80.0 Å². The number of rotatable bonds is 6. The summed E-state index contributed by atoms with van der Waals surface area (Å²) in [6, 6.07) is 14.4. The molecule has 0 aliphatic heterocycles. The van der Waals surface area contributed by atoms with Crippen molar-refractivity contribution >= 4 is 27.8 Å². The first-order chi connectivity index (χ1) is 16.9. The molecule has 5 rings (SSSR count). The van der Waals surface area contributed by atoms with E-state index in [-0.39, 0.29) is 11.8 Å². The lowest BCUT2D eigenvalue weighted by Gasteiger charge is -2.25. The summed E-state index contributed by atoms with van der Waals surface area (Å²) < 4.78 is 16.0. The zero-order valence-electron chi connectivity index (χ0n) is 20.2. The van der Waals surface area contributed by atoms with Gasteiger partial charge in [-0.3, -0.25) is 0 Å². The molecule has 5 aromatic rings. The van der Waals surface area contributed by atoms with Crippen molar-refractivity contribution in [2.24, 2.45) is 0 Å². The minimum absolute atomic E-state index is 0.155. The largest absolute Gasteiger partial charge is 0.508 e. The molecule has 0 fully saturated rings. The molecule has 3 aromatic heterocycles. The molecule has 0 aliphatic carbocycles. The van der Waals surface area contributed by atoms with Crippen molar-refractivity contribution in [2.75, 3.05) is 11.9 Å². The third-order valence-electron chi connectivity index (χ3n) is 6.31. The van der Waals surface area contributed by atoms with Gasteiger partial charge in [-0.15, -0.1) is 0 Å². The Labute approximate surface area is 202 Å². The Kier molecular flexibility index (Phi) is 5.80. The third kappa shape index (κ3) is 4.16. The van der Waals surface area contributed by atoms with Gasteiger partial charge >= 0.3 is 0 Å². The normalized spacial score (nSPS) is 11.6. The molecule has 0 saturated heterocycles. The first kappa shape index (κ1) is 22.7. The molecule has 0 spiro atoms. The Morgan fingerprint density at radius 2 is 1.89 bits per heavy atom. The lowest BCUT2D eigenvalue weighted by atomic mass is 10.1. The maximum absolute atomic E-state index is 14.2. The zero-order chi connectivity index (χ0) is 24.7. The summed E-state index contributed by atoms with van der Waals surface area (Å²) in [4.78, 5) is 16.1. The molecule has 7 nitrogen and oxygen atoms in total. The number of nitrogens with zero attached hydrogens (tertiary/aromatic N) is 6. The van der Waals surface area contributed by atoms with Crippen LogP contribution in [0.25, 0.3) is 33.2 Å². The van der Waals surface area contributed by atoms with Crippen LogP contribution in [0.2, 0.25) is 0 Å². The smallest absolute Gasteiger partial charge is 0.162 e. The van der Waals surface area contributed by atoms with E-state index in [2.05, 4.69) is 34.8 Å². The Hall–Kier alpha value is -4.07. The molecule has 0 unspecified atom stereocenters. The van der Waals surface area contributed by atoms with Crippen LogP contribution in [0.1, 0.15) is 32.0 Å². The fourth-order valence-corrected chi connectivity index (χ4v) is 4.34. The van der Waals surface area contributed by atoms with Gasteiger partial charge in [-0.2, -0.15) is 5.10 Å². The second kappa shape index (κ2) is 8.94. The second-order valence-electron chi connectivity index (χ2n) is 8.95. The van der Waals surface area contributed by atoms with E-state index in [0.717, 1.165) is 39.4 Å². The quantitative estimate of drug-likeness (QED) is 0.361. The van der Waals surface area contributed by atoms with E-state index in [9.17, 15) is 9.50 Å². The lowest BCUT2D eigenvalue weighted by molar-refractivity contribution is 0.469. The fraction of sp³-hybridized carbons (Fsp3) is 0.259. The fourth-order valence-electron chi connectivity index (χ4n) is 4.34. The van der Waals surface area contributed by atoms with E-state index < -0.39 is 5.82 Å². The van der Waals surface area contributed by atoms with Crippen molar-refractivity contribution < 1.29 is 9.50 Å². The van der Waals surface area contributed by atoms with Crippen molar-refractivity contribution in [1.82, 2.24) is 24.7 Å². The van der Waals surface area contributed by atoms with Gasteiger partial charge in [0.2, 0.25) is 0 Å². The molecule has 178 valence electrons. The number of aryl methyl sites for hydroxylation is 1. The first-order valence-electron chi connectivity index (χ1n) is 11.7. The number of pyridine rings is 1. The van der Waals surface area contributed by atoms with Crippen molar-refractivity contribution in [3.8, 4) is 17.0 Å². The molecule has 2 aromatic carbocycles. The number of aromatic hydroxyl groups is 1. The van der Waals surface area contributed by atoms with E-state index in [0.29, 0.717) is 29.9 Å². The van der Waals surface area contributed by atoms with Crippen LogP contribution in [-0.2, 0) is 13.0 Å². The van der Waals surface area contributed by atoms with Gasteiger partial charge in [-0.05, 0) is 44.5 Å². The van der Waals surface area contributed by atoms with Gasteiger partial charge in [-0.1, -0.05) is 25.1 Å². The SMILES string of the molecule is CCc1ncnc2c1c(-c1cc(O)cc(F)c1)nn2Cc1cc2ccccc2nc1N(C)C(C)C. The minimum atomic E-state index is -0.530. The first-order valence-corrected chi connectivity index (χ1v) is 11.7. The number of halogens is 1. The van der Waals surface area contributed by atoms with Gasteiger partial charge in [0.15, 0.2) is 5.65 Å². The molecular formula is C27H27FN6O. The third-order valence-corrected chi connectivity index (χ3v) is 6.31. The molecule has 0 amide bonds. The van der Waals surface area contributed by atoms with Gasteiger partial charge in [0, 0.05) is 35.7 Å². The monoisotopic (exact) mass is 470 g/mol. The Balaban J connectivity index is 1.72. The Bertz CT molecular complexity index is 1520. The van der Waals surface area contributed by atoms with Gasteiger partial charge in [0.05, 0.1) is 23.1 Å². The minimum Gasteiger partial charge on any atom is -0.508 e. The Morgan fingerprint density at radius 1 is 1.09 bits per heavy atom. The maximum atomic E-state index is 14.2. The zero-order valence-corrected chi connectivity index (χ0v) is 20.2. The number of hydrogen-bond acceptors (Lipinski definition) is 6. The van der Waals surface area contributed by atoms with Crippen molar-refractivity contribution in [1.29, 1.82) is 0 Å². The van der Waals surface area contributed by atoms with Crippen LogP contribution in [0.3, 0.4) is 0 Å². The standard InChI is InChI=1S/C27H27FN6O/c1-5-22-24-25(18-11-20(28)13-21(35)12-18)32-34(27(24)30-15-29-22)14-19-10-17-8-6-7-9-23(17)31-26(19)33(4)16(2)3/h6-13,15-16,35H,5,14H2,1-4H3. The van der Waals surface area contributed by atoms with Crippen molar-refractivity contribution in [3.63, 3.8) is 0 Å². The molecule has 0 saturated carbocycles. The highest BCUT2D eigenvalue weighted by atomic mass is 19.1. The summed E-state index contributed by atoms with van der Waals surface area (Å²) >= 11 is 0. The molecule has 35 heavy (non-hydrogen) atoms. The highest BCUT2D eigenvalue weighted by molar-refractivity contribution is 5.93. The number of hydrogen-bond donors (Lipinski definition) is 1. The number of fused-ring (bicyclic) bond motifs is 2. The Morgan fingerprint density at radius 3 is 2.63 bits per heavy atom. The van der Waals surface area contributed by atoms with E-state index in [1.807, 2.05) is 42.9 Å². The summed E-state index contributed by atoms with van der Waals surface area (Å²) in [6.07, 6.45) is 2.20. The average Bonchev–Trinajstić information content (AvgIpc) is 3.21. The van der Waals surface area contributed by atoms with Crippen LogP contribution in [0.4, 0.5) is 10.2 Å². The van der Waals surface area contributed by atoms with E-state index >= 15 is 0 Å². The number of anilines is 1. The summed E-state index contributed by atoms with van der Waals surface area (Å²) in [5.74, 6) is 0.186. The number of phenolic OH excluding ortho intramolecular Hbond substituents is 1. The number of para-hydroxylation sites is 1. The van der Waals surface area contributed by atoms with Gasteiger partial charge in [0.1, 0.15) is 29.4 Å². The summed E-state index contributed by atoms with van der Waals surface area (Å²) in [5.41, 5.74) is 4.41. The molecule has 0 bridgehead atoms. The summed E-state index contributed by atoms with van der Waals surface area (Å²) in [7, 11) is 2.03. The average molecular weight is 471 g/mol. The maximum Gasteiger partial charge on any atom is 0.162 e. The molecule has 1 N–H and O–H groups in total. The predicted octanol–water partition coefficient (Wildman–Crippen LogP) is 5.34. The van der Waals surface area contributed by atoms with Crippen LogP contribution < -0.4 is 4.90 Å². The second-order valence-corrected chi connectivity index (χ2v) is 8.95. The van der Waals surface area contributed by atoms with Crippen molar-refractivity contribution in [2.45, 2.75) is 39.8 Å². The number of benzene rings is 2. The van der Waals surface area contributed by atoms with E-state index in [4.69, 9.17) is 10.1 Å². The van der Waals surface area contributed by atoms with Gasteiger partial charge < -0.3 is 10.0 Å². The summed E-state index contributed by atoms with van der Waals surface area (Å²) in [5, 5.41) is 16.7. The van der Waals surface area contributed by atoms with Gasteiger partial charge in [-0.25, -0.2) is 24.0 Å². The van der Waals surface area contributed by atoms with Crippen LogP contribution in [-0.4, -0.2) is 42.9 Å². The number of phenols is 1.